The van der Waals surface area contributed by atoms with Gasteiger partial charge in [0.15, 0.2) is 0 Å². The number of nitrogens with one attached hydrogen (secondary N) is 1. The molecule has 1 atom stereocenters. The minimum atomic E-state index is -0.166. The number of hydrogen-bond donors (Lipinski definition) is 1. The molecule has 0 unspecified atom stereocenters. The Hall–Kier alpha value is -1.26. The second-order valence-electron chi connectivity index (χ2n) is 6.02. The summed E-state index contributed by atoms with van der Waals surface area (Å²) in [5, 5.41) is 6.53. The van der Waals surface area contributed by atoms with Gasteiger partial charge < -0.3 is 5.32 Å². The van der Waals surface area contributed by atoms with Crippen molar-refractivity contribution in [2.75, 3.05) is 0 Å². The Morgan fingerprint density at radius 3 is 2.60 bits per heavy atom. The van der Waals surface area contributed by atoms with Crippen LogP contribution in [0.1, 0.15) is 50.0 Å². The molecule has 0 radical (unpaired) electrons. The smallest absolute Gasteiger partial charge is 0.127 e. The predicted octanol–water partition coefficient (Wildman–Crippen LogP) is 4.43. The van der Waals surface area contributed by atoms with Crippen LogP contribution in [0.2, 0.25) is 0 Å². The predicted molar refractivity (Wildman–Crippen MR) is 82.5 cm³/mol. The van der Waals surface area contributed by atoms with Gasteiger partial charge in [-0.15, -0.1) is 11.3 Å². The van der Waals surface area contributed by atoms with E-state index in [9.17, 15) is 4.39 Å². The lowest BCUT2D eigenvalue weighted by Gasteiger charge is -2.15. The Morgan fingerprint density at radius 2 is 2.00 bits per heavy atom. The van der Waals surface area contributed by atoms with Gasteiger partial charge in [0, 0.05) is 28.9 Å². The maximum absolute atomic E-state index is 13.7. The largest absolute Gasteiger partial charge is 0.304 e. The molecule has 0 aliphatic rings. The van der Waals surface area contributed by atoms with E-state index in [0.29, 0.717) is 12.1 Å². The van der Waals surface area contributed by atoms with Crippen LogP contribution in [0.4, 0.5) is 4.39 Å². The summed E-state index contributed by atoms with van der Waals surface area (Å²) in [4.78, 5) is 4.63. The van der Waals surface area contributed by atoms with Crippen LogP contribution in [0.5, 0.6) is 0 Å². The molecule has 0 spiro atoms. The van der Waals surface area contributed by atoms with E-state index >= 15 is 0 Å². The second kappa shape index (κ2) is 6.02. The molecule has 0 aliphatic heterocycles. The zero-order valence-corrected chi connectivity index (χ0v) is 13.2. The first kappa shape index (κ1) is 15.1. The minimum absolute atomic E-state index is 0.0315. The Kier molecular flexibility index (Phi) is 4.55. The van der Waals surface area contributed by atoms with Gasteiger partial charge in [0.25, 0.3) is 0 Å². The summed E-state index contributed by atoms with van der Waals surface area (Å²) < 4.78 is 13.7. The fraction of sp³-hybridized carbons (Fsp3) is 0.438. The average molecular weight is 292 g/mol. The van der Waals surface area contributed by atoms with E-state index in [1.54, 1.807) is 17.4 Å². The van der Waals surface area contributed by atoms with Crippen molar-refractivity contribution in [1.82, 2.24) is 10.3 Å². The molecule has 0 saturated heterocycles. The van der Waals surface area contributed by atoms with Crippen molar-refractivity contribution in [2.45, 2.75) is 45.7 Å². The Bertz CT molecular complexity index is 572. The second-order valence-corrected chi connectivity index (χ2v) is 6.88. The fourth-order valence-corrected chi connectivity index (χ4v) is 2.83. The van der Waals surface area contributed by atoms with E-state index in [2.05, 4.69) is 36.5 Å². The van der Waals surface area contributed by atoms with Gasteiger partial charge in [-0.3, -0.25) is 0 Å². The quantitative estimate of drug-likeness (QED) is 0.901. The van der Waals surface area contributed by atoms with E-state index in [-0.39, 0.29) is 17.3 Å². The van der Waals surface area contributed by atoms with Gasteiger partial charge in [-0.05, 0) is 13.0 Å². The molecule has 0 saturated carbocycles. The average Bonchev–Trinajstić information content (AvgIpc) is 2.85. The minimum Gasteiger partial charge on any atom is -0.304 e. The molecular formula is C16H21FN2S. The van der Waals surface area contributed by atoms with Crippen molar-refractivity contribution in [1.29, 1.82) is 0 Å². The SMILES string of the molecule is C[C@@H](NCc1csc(C(C)(C)C)n1)c1ccccc1F. The van der Waals surface area contributed by atoms with Crippen molar-refractivity contribution in [3.8, 4) is 0 Å². The van der Waals surface area contributed by atoms with Crippen LogP contribution in [0, 0.1) is 5.82 Å². The van der Waals surface area contributed by atoms with Crippen LogP contribution in [0.15, 0.2) is 29.6 Å². The van der Waals surface area contributed by atoms with Gasteiger partial charge in [-0.25, -0.2) is 9.37 Å². The molecule has 0 aliphatic carbocycles. The van der Waals surface area contributed by atoms with Crippen molar-refractivity contribution in [3.63, 3.8) is 0 Å². The monoisotopic (exact) mass is 292 g/mol. The van der Waals surface area contributed by atoms with Gasteiger partial charge in [0.05, 0.1) is 10.7 Å². The molecule has 4 heteroatoms. The van der Waals surface area contributed by atoms with Crippen LogP contribution < -0.4 is 5.32 Å². The summed E-state index contributed by atoms with van der Waals surface area (Å²) in [5.74, 6) is -0.166. The Morgan fingerprint density at radius 1 is 1.30 bits per heavy atom. The molecule has 0 amide bonds. The summed E-state index contributed by atoms with van der Waals surface area (Å²) in [5.41, 5.74) is 1.79. The maximum Gasteiger partial charge on any atom is 0.127 e. The molecular weight excluding hydrogens is 271 g/mol. The number of halogens is 1. The normalized spacial score (nSPS) is 13.4. The van der Waals surface area contributed by atoms with Crippen molar-refractivity contribution in [2.24, 2.45) is 0 Å². The molecule has 1 aromatic heterocycles. The van der Waals surface area contributed by atoms with Crippen LogP contribution in [0.25, 0.3) is 0 Å². The highest BCUT2D eigenvalue weighted by atomic mass is 32.1. The Labute approximate surface area is 124 Å². The number of rotatable bonds is 4. The van der Waals surface area contributed by atoms with Crippen LogP contribution >= 0.6 is 11.3 Å². The van der Waals surface area contributed by atoms with Crippen molar-refractivity contribution in [3.05, 3.63) is 51.7 Å². The lowest BCUT2D eigenvalue weighted by atomic mass is 9.98. The van der Waals surface area contributed by atoms with Crippen molar-refractivity contribution >= 4 is 11.3 Å². The third-order valence-corrected chi connectivity index (χ3v) is 4.47. The first-order valence-corrected chi connectivity index (χ1v) is 7.68. The zero-order chi connectivity index (χ0) is 14.8. The lowest BCUT2D eigenvalue weighted by Crippen LogP contribution is -2.19. The fourth-order valence-electron chi connectivity index (χ4n) is 1.93. The molecule has 2 nitrogen and oxygen atoms in total. The highest BCUT2D eigenvalue weighted by molar-refractivity contribution is 7.09. The van der Waals surface area contributed by atoms with Gasteiger partial charge in [-0.2, -0.15) is 0 Å². The summed E-state index contributed by atoms with van der Waals surface area (Å²) in [6.45, 7) is 9.10. The molecule has 0 bridgehead atoms. The van der Waals surface area contributed by atoms with Gasteiger partial charge >= 0.3 is 0 Å². The van der Waals surface area contributed by atoms with E-state index in [0.717, 1.165) is 10.7 Å². The summed E-state index contributed by atoms with van der Waals surface area (Å²) >= 11 is 1.68. The lowest BCUT2D eigenvalue weighted by molar-refractivity contribution is 0.522. The first-order valence-electron chi connectivity index (χ1n) is 6.80. The molecule has 20 heavy (non-hydrogen) atoms. The van der Waals surface area contributed by atoms with E-state index in [1.807, 2.05) is 19.1 Å². The molecule has 108 valence electrons. The third kappa shape index (κ3) is 3.64. The number of aromatic nitrogens is 1. The van der Waals surface area contributed by atoms with E-state index in [1.165, 1.54) is 6.07 Å². The molecule has 1 N–H and O–H groups in total. The van der Waals surface area contributed by atoms with Crippen LogP contribution in [-0.4, -0.2) is 4.98 Å². The van der Waals surface area contributed by atoms with E-state index in [4.69, 9.17) is 0 Å². The van der Waals surface area contributed by atoms with E-state index < -0.39 is 0 Å². The maximum atomic E-state index is 13.7. The molecule has 0 fully saturated rings. The number of thiazole rings is 1. The van der Waals surface area contributed by atoms with Crippen LogP contribution in [-0.2, 0) is 12.0 Å². The molecule has 1 heterocycles. The number of nitrogens with zero attached hydrogens (tertiary/aromatic N) is 1. The van der Waals surface area contributed by atoms with Gasteiger partial charge in [0.1, 0.15) is 5.82 Å². The Balaban J connectivity index is 1.99. The number of benzene rings is 1. The topological polar surface area (TPSA) is 24.9 Å². The highest BCUT2D eigenvalue weighted by Crippen LogP contribution is 2.25. The third-order valence-electron chi connectivity index (χ3n) is 3.15. The number of hydrogen-bond acceptors (Lipinski definition) is 3. The van der Waals surface area contributed by atoms with Gasteiger partial charge in [0.2, 0.25) is 0 Å². The van der Waals surface area contributed by atoms with Gasteiger partial charge in [-0.1, -0.05) is 39.0 Å². The zero-order valence-electron chi connectivity index (χ0n) is 12.4. The summed E-state index contributed by atoms with van der Waals surface area (Å²) in [7, 11) is 0. The highest BCUT2D eigenvalue weighted by Gasteiger charge is 2.18. The summed E-state index contributed by atoms with van der Waals surface area (Å²) in [6, 6.07) is 6.84. The molecule has 1 aromatic carbocycles. The van der Waals surface area contributed by atoms with Crippen molar-refractivity contribution < 1.29 is 4.39 Å². The summed E-state index contributed by atoms with van der Waals surface area (Å²) in [6.07, 6.45) is 0. The molecule has 2 rings (SSSR count). The van der Waals surface area contributed by atoms with Crippen LogP contribution in [0.3, 0.4) is 0 Å². The molecule has 2 aromatic rings. The first-order chi connectivity index (χ1) is 9.38. The standard InChI is InChI=1S/C16H21FN2S/c1-11(13-7-5-6-8-14(13)17)18-9-12-10-20-15(19-12)16(2,3)4/h5-8,10-11,18H,9H2,1-4H3/t11-/m1/s1.